The predicted molar refractivity (Wildman–Crippen MR) is 98.5 cm³/mol. The van der Waals surface area contributed by atoms with Crippen LogP contribution in [-0.4, -0.2) is 30.7 Å². The van der Waals surface area contributed by atoms with Gasteiger partial charge < -0.3 is 9.47 Å². The zero-order valence-corrected chi connectivity index (χ0v) is 14.7. The zero-order valence-electron chi connectivity index (χ0n) is 13.9. The molecule has 0 saturated carbocycles. The fourth-order valence-corrected chi connectivity index (χ4v) is 3.39. The molecule has 0 atom stereocenters. The molecule has 24 heavy (non-hydrogen) atoms. The number of hydrogen-bond donors (Lipinski definition) is 1. The van der Waals surface area contributed by atoms with Crippen molar-refractivity contribution in [3.63, 3.8) is 0 Å². The molecule has 3 heterocycles. The van der Waals surface area contributed by atoms with E-state index in [1.54, 1.807) is 16.0 Å². The van der Waals surface area contributed by atoms with Gasteiger partial charge in [-0.15, -0.1) is 0 Å². The Kier molecular flexibility index (Phi) is 3.45. The van der Waals surface area contributed by atoms with Crippen LogP contribution in [0.5, 0.6) is 0 Å². The fraction of sp³-hybridized carbons (Fsp3) is 0.235. The summed E-state index contributed by atoms with van der Waals surface area (Å²) in [5, 5.41) is 1.12. The average Bonchev–Trinajstić information content (AvgIpc) is 3.23. The maximum atomic E-state index is 5.77. The van der Waals surface area contributed by atoms with Crippen LogP contribution in [0, 0.1) is 0 Å². The number of fused-ring (bicyclic) bond motifs is 1. The molecular formula is C17H19N6S+. The average molecular weight is 339 g/mol. The number of pyridine rings is 1. The standard InChI is InChI=1S/C17H19N6S/c1-4-11-7-12(17-23(18)24-17)5-6-14(11)22(3)16-8-15-13(9-19-16)20-10-21(15)2/h5-10H,4,18H2,1-3H3/q+1. The van der Waals surface area contributed by atoms with Crippen LogP contribution >= 0.6 is 11.9 Å². The summed E-state index contributed by atoms with van der Waals surface area (Å²) in [4.78, 5) is 11.0. The van der Waals surface area contributed by atoms with Gasteiger partial charge >= 0.3 is 17.0 Å². The maximum absolute atomic E-state index is 5.77. The summed E-state index contributed by atoms with van der Waals surface area (Å²) in [7, 11) is 4.04. The Morgan fingerprint density at radius 2 is 2.08 bits per heavy atom. The first-order valence-corrected chi connectivity index (χ1v) is 8.59. The summed E-state index contributed by atoms with van der Waals surface area (Å²) in [5.74, 6) is 6.67. The Bertz CT molecular complexity index is 974. The second-order valence-corrected chi connectivity index (χ2v) is 6.83. The van der Waals surface area contributed by atoms with E-state index in [4.69, 9.17) is 5.84 Å². The summed E-state index contributed by atoms with van der Waals surface area (Å²) in [6.45, 7) is 2.17. The van der Waals surface area contributed by atoms with Crippen LogP contribution < -0.4 is 10.7 Å². The molecule has 0 radical (unpaired) electrons. The Hall–Kier alpha value is -2.54. The molecule has 2 N–H and O–H groups in total. The van der Waals surface area contributed by atoms with E-state index in [9.17, 15) is 0 Å². The normalized spacial score (nSPS) is 13.6. The van der Waals surface area contributed by atoms with Crippen LogP contribution in [0.2, 0.25) is 0 Å². The van der Waals surface area contributed by atoms with E-state index in [-0.39, 0.29) is 0 Å². The third-order valence-electron chi connectivity index (χ3n) is 4.36. The Morgan fingerprint density at radius 1 is 1.29 bits per heavy atom. The lowest BCUT2D eigenvalue weighted by molar-refractivity contribution is -0.322. The molecule has 1 aliphatic rings. The van der Waals surface area contributed by atoms with Crippen molar-refractivity contribution in [2.75, 3.05) is 11.9 Å². The lowest BCUT2D eigenvalue weighted by Crippen LogP contribution is -2.13. The van der Waals surface area contributed by atoms with Gasteiger partial charge in [0, 0.05) is 25.8 Å². The van der Waals surface area contributed by atoms with E-state index in [0.717, 1.165) is 34.0 Å². The number of imidazole rings is 1. The number of nitrogens with two attached hydrogens (primary N) is 1. The highest BCUT2D eigenvalue weighted by atomic mass is 32.2. The Balaban J connectivity index is 1.74. The van der Waals surface area contributed by atoms with Gasteiger partial charge in [-0.25, -0.2) is 9.97 Å². The lowest BCUT2D eigenvalue weighted by atomic mass is 10.1. The summed E-state index contributed by atoms with van der Waals surface area (Å²) in [6, 6.07) is 8.54. The van der Waals surface area contributed by atoms with Crippen LogP contribution in [0.4, 0.5) is 11.5 Å². The largest absolute Gasteiger partial charge is 0.355 e. The molecule has 1 aromatic carbocycles. The molecule has 122 valence electrons. The maximum Gasteiger partial charge on any atom is 0.355 e. The third-order valence-corrected chi connectivity index (χ3v) is 5.17. The minimum Gasteiger partial charge on any atom is -0.334 e. The first-order chi connectivity index (χ1) is 11.6. The number of hydrogen-bond acceptors (Lipinski definition) is 5. The van der Waals surface area contributed by atoms with E-state index >= 15 is 0 Å². The van der Waals surface area contributed by atoms with Crippen molar-refractivity contribution < 1.29 is 4.09 Å². The molecule has 7 heteroatoms. The van der Waals surface area contributed by atoms with Gasteiger partial charge in [-0.1, -0.05) is 6.92 Å². The van der Waals surface area contributed by atoms with Gasteiger partial charge in [0.2, 0.25) is 0 Å². The molecule has 1 aliphatic heterocycles. The van der Waals surface area contributed by atoms with Crippen molar-refractivity contribution in [2.45, 2.75) is 13.3 Å². The van der Waals surface area contributed by atoms with Crippen LogP contribution in [0.15, 0.2) is 36.8 Å². The number of anilines is 2. The van der Waals surface area contributed by atoms with Crippen molar-refractivity contribution >= 4 is 39.5 Å². The third kappa shape index (κ3) is 2.41. The van der Waals surface area contributed by atoms with E-state index in [1.165, 1.54) is 11.1 Å². The molecule has 6 nitrogen and oxygen atoms in total. The van der Waals surface area contributed by atoms with Crippen LogP contribution in [0.25, 0.3) is 11.0 Å². The number of hydrazone groups is 1. The zero-order chi connectivity index (χ0) is 16.8. The second kappa shape index (κ2) is 5.52. The van der Waals surface area contributed by atoms with E-state index < -0.39 is 0 Å². The topological polar surface area (TPSA) is 63.0 Å². The van der Waals surface area contributed by atoms with Crippen molar-refractivity contribution in [3.05, 3.63) is 47.9 Å². The second-order valence-electron chi connectivity index (χ2n) is 5.86. The summed E-state index contributed by atoms with van der Waals surface area (Å²) >= 11 is 1.57. The smallest absolute Gasteiger partial charge is 0.334 e. The van der Waals surface area contributed by atoms with E-state index in [2.05, 4.69) is 46.1 Å². The molecular weight excluding hydrogens is 320 g/mol. The molecule has 0 unspecified atom stereocenters. The van der Waals surface area contributed by atoms with Gasteiger partial charge in [-0.3, -0.25) is 0 Å². The highest BCUT2D eigenvalue weighted by molar-refractivity contribution is 8.14. The first kappa shape index (κ1) is 15.0. The van der Waals surface area contributed by atoms with Gasteiger partial charge in [0.15, 0.2) is 0 Å². The summed E-state index contributed by atoms with van der Waals surface area (Å²) in [6.07, 6.45) is 4.58. The van der Waals surface area contributed by atoms with Crippen molar-refractivity contribution in [1.29, 1.82) is 0 Å². The Labute approximate surface area is 144 Å². The van der Waals surface area contributed by atoms with Crippen LogP contribution in [-0.2, 0) is 13.5 Å². The first-order valence-electron chi connectivity index (χ1n) is 7.82. The number of benzene rings is 1. The molecule has 0 spiro atoms. The van der Waals surface area contributed by atoms with E-state index in [1.807, 2.05) is 31.2 Å². The molecule has 4 rings (SSSR count). The van der Waals surface area contributed by atoms with E-state index in [0.29, 0.717) is 0 Å². The molecule has 0 saturated heterocycles. The van der Waals surface area contributed by atoms with Crippen molar-refractivity contribution in [1.82, 2.24) is 14.5 Å². The highest BCUT2D eigenvalue weighted by Gasteiger charge is 2.38. The molecule has 0 bridgehead atoms. The van der Waals surface area contributed by atoms with Crippen molar-refractivity contribution in [2.24, 2.45) is 12.9 Å². The fourth-order valence-electron chi connectivity index (χ4n) is 2.91. The molecule has 0 aliphatic carbocycles. The van der Waals surface area contributed by atoms with Gasteiger partial charge in [0.1, 0.15) is 11.3 Å². The predicted octanol–water partition coefficient (Wildman–Crippen LogP) is 2.59. The molecule has 2 aromatic heterocycles. The van der Waals surface area contributed by atoms with Gasteiger partial charge in [0.05, 0.1) is 23.6 Å². The molecule has 0 fully saturated rings. The number of nitrogens with zero attached hydrogens (tertiary/aromatic N) is 5. The van der Waals surface area contributed by atoms with Crippen LogP contribution in [0.3, 0.4) is 0 Å². The number of rotatable bonds is 4. The van der Waals surface area contributed by atoms with Gasteiger partial charge in [0.25, 0.3) is 0 Å². The molecule has 0 amide bonds. The molecule has 3 aromatic rings. The highest BCUT2D eigenvalue weighted by Crippen LogP contribution is 2.32. The van der Waals surface area contributed by atoms with Crippen LogP contribution in [0.1, 0.15) is 18.1 Å². The van der Waals surface area contributed by atoms with Crippen molar-refractivity contribution in [3.8, 4) is 0 Å². The summed E-state index contributed by atoms with van der Waals surface area (Å²) < 4.78 is 3.70. The summed E-state index contributed by atoms with van der Waals surface area (Å²) in [5.41, 5.74) is 5.59. The minimum atomic E-state index is 0.905. The number of aromatic nitrogens is 3. The number of hydrazine groups is 1. The Morgan fingerprint density at radius 3 is 2.79 bits per heavy atom. The lowest BCUT2D eigenvalue weighted by Gasteiger charge is -2.21. The SMILES string of the molecule is CCc1cc(C2=[N+](N)S2)ccc1N(C)c1cc2c(cn1)ncn2C. The van der Waals surface area contributed by atoms with Gasteiger partial charge in [-0.05, 0) is 34.3 Å². The monoisotopic (exact) mass is 339 g/mol. The quantitative estimate of drug-likeness (QED) is 0.450. The van der Waals surface area contributed by atoms with Gasteiger partial charge in [-0.2, -0.15) is 5.84 Å². The number of aryl methyl sites for hydroxylation is 2. The minimum absolute atomic E-state index is 0.905.